The van der Waals surface area contributed by atoms with E-state index in [4.69, 9.17) is 5.73 Å². The normalized spacial score (nSPS) is 16.8. The maximum absolute atomic E-state index is 12.6. The average molecular weight is 373 g/mol. The van der Waals surface area contributed by atoms with Crippen LogP contribution in [0.4, 0.5) is 5.69 Å². The number of sulfonamides is 1. The summed E-state index contributed by atoms with van der Waals surface area (Å²) in [4.78, 5) is 24.3. The number of nitrogens with two attached hydrogens (primary N) is 1. The number of primary amides is 1. The molecule has 1 fully saturated rings. The summed E-state index contributed by atoms with van der Waals surface area (Å²) in [6.07, 6.45) is 0.552. The molecule has 1 heterocycles. The molecule has 0 bridgehead atoms. The Morgan fingerprint density at radius 3 is 2.42 bits per heavy atom. The summed E-state index contributed by atoms with van der Waals surface area (Å²) in [7, 11) is -3.33. The molecule has 0 spiro atoms. The zero-order valence-corrected chi connectivity index (χ0v) is 14.8. The molecule has 0 aromatic heterocycles. The Hall–Kier alpha value is -2.87. The van der Waals surface area contributed by atoms with Gasteiger partial charge in [-0.25, -0.2) is 8.42 Å². The molecule has 2 amide bonds. The molecule has 0 saturated carbocycles. The van der Waals surface area contributed by atoms with Crippen molar-refractivity contribution < 1.29 is 18.0 Å². The van der Waals surface area contributed by atoms with E-state index in [0.717, 1.165) is 0 Å². The third-order valence-electron chi connectivity index (χ3n) is 4.19. The fourth-order valence-electron chi connectivity index (χ4n) is 2.91. The van der Waals surface area contributed by atoms with Crippen LogP contribution in [0.5, 0.6) is 0 Å². The number of benzene rings is 2. The van der Waals surface area contributed by atoms with Crippen molar-refractivity contribution in [1.29, 1.82) is 0 Å². The number of amides is 2. The second kappa shape index (κ2) is 7.17. The Balaban J connectivity index is 1.84. The van der Waals surface area contributed by atoms with E-state index in [1.807, 2.05) is 0 Å². The first-order chi connectivity index (χ1) is 12.4. The number of carbonyl (C=O) groups is 2. The van der Waals surface area contributed by atoms with Crippen molar-refractivity contribution in [2.24, 2.45) is 5.73 Å². The van der Waals surface area contributed by atoms with Crippen LogP contribution in [0, 0.1) is 0 Å². The molecule has 1 aliphatic heterocycles. The molecule has 3 N–H and O–H groups in total. The van der Waals surface area contributed by atoms with Gasteiger partial charge in [0, 0.05) is 12.1 Å². The minimum atomic E-state index is -3.33. The highest BCUT2D eigenvalue weighted by Gasteiger charge is 2.29. The molecular formula is C18H19N3O4S. The van der Waals surface area contributed by atoms with Crippen LogP contribution >= 0.6 is 0 Å². The maximum Gasteiger partial charge on any atom is 0.252 e. The van der Waals surface area contributed by atoms with E-state index in [-0.39, 0.29) is 11.3 Å². The van der Waals surface area contributed by atoms with E-state index in [2.05, 4.69) is 5.32 Å². The van der Waals surface area contributed by atoms with Gasteiger partial charge in [-0.2, -0.15) is 0 Å². The molecule has 3 rings (SSSR count). The largest absolute Gasteiger partial charge is 0.368 e. The topological polar surface area (TPSA) is 110 Å². The number of nitrogens with zero attached hydrogens (tertiary/aromatic N) is 1. The Kier molecular flexibility index (Phi) is 4.94. The minimum absolute atomic E-state index is 0.0984. The molecule has 0 aliphatic carbocycles. The van der Waals surface area contributed by atoms with Crippen molar-refractivity contribution in [3.05, 3.63) is 65.7 Å². The molecular weight excluding hydrogens is 354 g/mol. The van der Waals surface area contributed by atoms with Crippen molar-refractivity contribution >= 4 is 27.5 Å². The molecule has 1 aliphatic rings. The first kappa shape index (κ1) is 17.9. The number of anilines is 1. The summed E-state index contributed by atoms with van der Waals surface area (Å²) in [6, 6.07) is 14.0. The highest BCUT2D eigenvalue weighted by atomic mass is 32.2. The van der Waals surface area contributed by atoms with Gasteiger partial charge < -0.3 is 11.1 Å². The SMILES string of the molecule is NC(=O)[C@H](NC(=O)c1cccc(N2CCCS2(=O)=O)c1)c1ccccc1. The summed E-state index contributed by atoms with van der Waals surface area (Å²) in [5, 5.41) is 2.61. The fourth-order valence-corrected chi connectivity index (χ4v) is 4.47. The molecule has 1 saturated heterocycles. The zero-order valence-electron chi connectivity index (χ0n) is 14.0. The van der Waals surface area contributed by atoms with E-state index >= 15 is 0 Å². The van der Waals surface area contributed by atoms with Crippen molar-refractivity contribution in [3.63, 3.8) is 0 Å². The first-order valence-corrected chi connectivity index (χ1v) is 9.75. The van der Waals surface area contributed by atoms with Crippen LogP contribution in [-0.2, 0) is 14.8 Å². The third kappa shape index (κ3) is 3.70. The lowest BCUT2D eigenvalue weighted by Crippen LogP contribution is -2.37. The summed E-state index contributed by atoms with van der Waals surface area (Å²) >= 11 is 0. The molecule has 26 heavy (non-hydrogen) atoms. The number of hydrogen-bond donors (Lipinski definition) is 2. The van der Waals surface area contributed by atoms with Gasteiger partial charge in [0.2, 0.25) is 15.9 Å². The molecule has 136 valence electrons. The predicted molar refractivity (Wildman–Crippen MR) is 98.0 cm³/mol. The van der Waals surface area contributed by atoms with Crippen LogP contribution in [0.15, 0.2) is 54.6 Å². The molecule has 1 atom stereocenters. The lowest BCUT2D eigenvalue weighted by molar-refractivity contribution is -0.120. The second-order valence-corrected chi connectivity index (χ2v) is 8.02. The van der Waals surface area contributed by atoms with Crippen LogP contribution < -0.4 is 15.4 Å². The monoisotopic (exact) mass is 373 g/mol. The Labute approximate surface area is 151 Å². The van der Waals surface area contributed by atoms with Gasteiger partial charge in [-0.15, -0.1) is 0 Å². The Bertz CT molecular complexity index is 928. The number of carbonyl (C=O) groups excluding carboxylic acids is 2. The predicted octanol–water partition coefficient (Wildman–Crippen LogP) is 1.18. The summed E-state index contributed by atoms with van der Waals surface area (Å²) < 4.78 is 25.4. The summed E-state index contributed by atoms with van der Waals surface area (Å²) in [5.41, 5.74) is 6.69. The van der Waals surface area contributed by atoms with E-state index < -0.39 is 27.9 Å². The van der Waals surface area contributed by atoms with Crippen LogP contribution in [0.2, 0.25) is 0 Å². The average Bonchev–Trinajstić information content (AvgIpc) is 2.99. The minimum Gasteiger partial charge on any atom is -0.368 e. The van der Waals surface area contributed by atoms with E-state index in [1.54, 1.807) is 48.5 Å². The van der Waals surface area contributed by atoms with E-state index in [9.17, 15) is 18.0 Å². The first-order valence-electron chi connectivity index (χ1n) is 8.14. The number of hydrogen-bond acceptors (Lipinski definition) is 4. The van der Waals surface area contributed by atoms with Gasteiger partial charge in [0.25, 0.3) is 5.91 Å². The Morgan fingerprint density at radius 1 is 1.08 bits per heavy atom. The molecule has 8 heteroatoms. The van der Waals surface area contributed by atoms with Crippen molar-refractivity contribution in [3.8, 4) is 0 Å². The van der Waals surface area contributed by atoms with Gasteiger partial charge in [-0.1, -0.05) is 36.4 Å². The summed E-state index contributed by atoms with van der Waals surface area (Å²) in [6.45, 7) is 0.390. The van der Waals surface area contributed by atoms with Crippen LogP contribution in [0.25, 0.3) is 0 Å². The van der Waals surface area contributed by atoms with Crippen molar-refractivity contribution in [2.75, 3.05) is 16.6 Å². The number of nitrogens with one attached hydrogen (secondary N) is 1. The van der Waals surface area contributed by atoms with Gasteiger partial charge in [0.15, 0.2) is 0 Å². The lowest BCUT2D eigenvalue weighted by atomic mass is 10.1. The van der Waals surface area contributed by atoms with Crippen LogP contribution in [0.1, 0.15) is 28.4 Å². The molecule has 0 radical (unpaired) electrons. The standard InChI is InChI=1S/C18H19N3O4S/c19-17(22)16(13-6-2-1-3-7-13)20-18(23)14-8-4-9-15(12-14)21-10-5-11-26(21,24)25/h1-4,6-9,12,16H,5,10-11H2,(H2,19,22)(H,20,23)/t16-/m1/s1. The molecule has 0 unspecified atom stereocenters. The zero-order chi connectivity index (χ0) is 18.7. The third-order valence-corrected chi connectivity index (χ3v) is 6.06. The van der Waals surface area contributed by atoms with Crippen molar-refractivity contribution in [1.82, 2.24) is 5.32 Å². The highest BCUT2D eigenvalue weighted by Crippen LogP contribution is 2.25. The highest BCUT2D eigenvalue weighted by molar-refractivity contribution is 7.93. The quantitative estimate of drug-likeness (QED) is 0.820. The lowest BCUT2D eigenvalue weighted by Gasteiger charge is -2.19. The van der Waals surface area contributed by atoms with Gasteiger partial charge in [0.1, 0.15) is 6.04 Å². The molecule has 2 aromatic rings. The van der Waals surface area contributed by atoms with Crippen LogP contribution in [-0.4, -0.2) is 32.5 Å². The smallest absolute Gasteiger partial charge is 0.252 e. The maximum atomic E-state index is 12.6. The van der Waals surface area contributed by atoms with Gasteiger partial charge in [-0.05, 0) is 30.2 Å². The summed E-state index contributed by atoms with van der Waals surface area (Å²) in [5.74, 6) is -1.08. The number of rotatable bonds is 5. The molecule has 2 aromatic carbocycles. The Morgan fingerprint density at radius 2 is 1.81 bits per heavy atom. The van der Waals surface area contributed by atoms with Gasteiger partial charge >= 0.3 is 0 Å². The van der Waals surface area contributed by atoms with E-state index in [0.29, 0.717) is 24.2 Å². The second-order valence-electron chi connectivity index (χ2n) is 6.01. The fraction of sp³-hybridized carbons (Fsp3) is 0.222. The van der Waals surface area contributed by atoms with Gasteiger partial charge in [0.05, 0.1) is 11.4 Å². The molecule has 7 nitrogen and oxygen atoms in total. The van der Waals surface area contributed by atoms with Gasteiger partial charge in [-0.3, -0.25) is 13.9 Å². The van der Waals surface area contributed by atoms with E-state index in [1.165, 1.54) is 10.4 Å². The van der Waals surface area contributed by atoms with Crippen molar-refractivity contribution in [2.45, 2.75) is 12.5 Å². The van der Waals surface area contributed by atoms with Crippen LogP contribution in [0.3, 0.4) is 0 Å².